The third-order valence-electron chi connectivity index (χ3n) is 11.4. The number of nitrogens with one attached hydrogen (secondary N) is 7. The normalized spacial score (nSPS) is 14.1. The molecule has 0 saturated heterocycles. The van der Waals surface area contributed by atoms with Crippen LogP contribution in [0.2, 0.25) is 0 Å². The van der Waals surface area contributed by atoms with Gasteiger partial charge in [0.05, 0.1) is 9.85 Å². The van der Waals surface area contributed by atoms with Gasteiger partial charge in [-0.05, 0) is 67.7 Å². The molecular formula is C46H66N12O17. The molecule has 0 unspecified atom stereocenters. The number of nitro groups is 2. The Hall–Kier alpha value is -8.66. The van der Waals surface area contributed by atoms with Crippen LogP contribution >= 0.6 is 0 Å². The monoisotopic (exact) mass is 1060 g/mol. The number of amides is 7. The summed E-state index contributed by atoms with van der Waals surface area (Å²) in [6.45, 7) is 8.98. The molecule has 0 aromatic heterocycles. The number of phenols is 2. The molecule has 0 bridgehead atoms. The van der Waals surface area contributed by atoms with E-state index < -0.39 is 153 Å². The lowest BCUT2D eigenvalue weighted by molar-refractivity contribution is -0.386. The average Bonchev–Trinajstić information content (AvgIpc) is 3.31. The van der Waals surface area contributed by atoms with Crippen molar-refractivity contribution in [3.8, 4) is 11.5 Å². The number of benzene rings is 2. The number of hydrogen-bond donors (Lipinski definition) is 13. The van der Waals surface area contributed by atoms with Gasteiger partial charge in [-0.3, -0.25) is 63.6 Å². The van der Waals surface area contributed by atoms with E-state index in [0.717, 1.165) is 31.2 Å². The summed E-state index contributed by atoms with van der Waals surface area (Å²) in [5, 5.41) is 79.6. The summed E-state index contributed by atoms with van der Waals surface area (Å²) >= 11 is 0. The summed E-state index contributed by atoms with van der Waals surface area (Å²) in [6, 6.07) is -4.39. The Bertz CT molecular complexity index is 2470. The van der Waals surface area contributed by atoms with Crippen LogP contribution in [0.25, 0.3) is 0 Å². The summed E-state index contributed by atoms with van der Waals surface area (Å²) in [4.78, 5) is 145. The molecule has 412 valence electrons. The van der Waals surface area contributed by atoms with Crippen molar-refractivity contribution >= 4 is 70.6 Å². The number of phenolic OH excluding ortho intramolecular Hbond substituents is 2. The molecule has 7 amide bonds. The first kappa shape index (κ1) is 62.5. The Balaban J connectivity index is 2.53. The topological polar surface area (TPSA) is 469 Å². The quantitative estimate of drug-likeness (QED) is 0.0110. The highest BCUT2D eigenvalue weighted by Gasteiger charge is 2.36. The Labute approximate surface area is 429 Å². The standard InChI is InChI=1S/C46H66N12O17/c1-7-23(4)38(44(69)50-24(5)39(64)53-29(45(70)71)9-8-16-49-46(47)48)56-40(65)28(12-15-37(62)63)52-43(68)32(19-27-11-14-36(61)34(21-27)58(74)75)55-41(66)30(17-22(2)3)54-42(67)31(51-25(6)59)18-26-10-13-35(60)33(20-26)57(72)73/h10-11,13-14,20-24,28-32,38,60-61H,7-9,12,15-19H2,1-6H3,(H,50,69)(H,51,59)(H,52,68)(H,53,64)(H,54,67)(H,55,66)(H,56,65)(H,62,63)(H,70,71)(H4,47,48,49)/t23-,24-,28-,29-,30-,31-,32-,38-/m0/s1/i6+1,25+1. The predicted octanol–water partition coefficient (Wildman–Crippen LogP) is -0.772. The number of carbonyl (C=O) groups excluding carboxylic acids is 7. The summed E-state index contributed by atoms with van der Waals surface area (Å²) in [7, 11) is 0. The molecule has 2 aromatic carbocycles. The number of aliphatic carboxylic acids is 2. The molecule has 0 fully saturated rings. The molecule has 0 spiro atoms. The Morgan fingerprint density at radius 2 is 1.09 bits per heavy atom. The number of aromatic hydroxyl groups is 2. The number of nitro benzene ring substituents is 2. The van der Waals surface area contributed by atoms with Crippen molar-refractivity contribution in [1.82, 2.24) is 37.2 Å². The van der Waals surface area contributed by atoms with Gasteiger partial charge in [0, 0.05) is 44.9 Å². The molecule has 29 nitrogen and oxygen atoms in total. The van der Waals surface area contributed by atoms with Gasteiger partial charge in [0.15, 0.2) is 17.5 Å². The van der Waals surface area contributed by atoms with Crippen LogP contribution in [0.1, 0.15) is 91.2 Å². The van der Waals surface area contributed by atoms with Crippen LogP contribution in [0, 0.1) is 32.1 Å². The van der Waals surface area contributed by atoms with Gasteiger partial charge in [0.2, 0.25) is 41.4 Å². The van der Waals surface area contributed by atoms with Crippen LogP contribution in [-0.2, 0) is 56.0 Å². The van der Waals surface area contributed by atoms with E-state index in [1.807, 2.05) is 0 Å². The van der Waals surface area contributed by atoms with E-state index in [0.29, 0.717) is 0 Å². The number of nitrogens with two attached hydrogens (primary N) is 2. The van der Waals surface area contributed by atoms with E-state index >= 15 is 0 Å². The van der Waals surface area contributed by atoms with E-state index in [1.165, 1.54) is 19.1 Å². The molecule has 2 rings (SSSR count). The first-order valence-corrected chi connectivity index (χ1v) is 23.6. The van der Waals surface area contributed by atoms with Crippen molar-refractivity contribution < 1.29 is 73.4 Å². The number of carboxylic acid groups (broad SMARTS) is 2. The number of guanidine groups is 1. The number of rotatable bonds is 31. The third-order valence-corrected chi connectivity index (χ3v) is 11.4. The van der Waals surface area contributed by atoms with Crippen LogP contribution in [0.3, 0.4) is 0 Å². The summed E-state index contributed by atoms with van der Waals surface area (Å²) in [5.74, 6) is -12.3. The second-order valence-electron chi connectivity index (χ2n) is 18.0. The van der Waals surface area contributed by atoms with Crippen LogP contribution in [0.15, 0.2) is 41.4 Å². The van der Waals surface area contributed by atoms with Crippen molar-refractivity contribution in [2.24, 2.45) is 28.3 Å². The molecule has 29 heteroatoms. The summed E-state index contributed by atoms with van der Waals surface area (Å²) < 4.78 is 0. The van der Waals surface area contributed by atoms with Crippen LogP contribution < -0.4 is 48.7 Å². The maximum absolute atomic E-state index is 14.4. The molecule has 0 saturated carbocycles. The van der Waals surface area contributed by atoms with Gasteiger partial charge in [-0.15, -0.1) is 0 Å². The highest BCUT2D eigenvalue weighted by atomic mass is 16.6. The first-order valence-electron chi connectivity index (χ1n) is 23.6. The Kier molecular flexibility index (Phi) is 24.8. The second-order valence-corrected chi connectivity index (χ2v) is 18.0. The van der Waals surface area contributed by atoms with Gasteiger partial charge in [-0.2, -0.15) is 0 Å². The van der Waals surface area contributed by atoms with Gasteiger partial charge >= 0.3 is 23.3 Å². The maximum atomic E-state index is 14.4. The van der Waals surface area contributed by atoms with Crippen molar-refractivity contribution in [1.29, 1.82) is 0 Å². The van der Waals surface area contributed by atoms with Gasteiger partial charge in [0.1, 0.15) is 42.3 Å². The minimum Gasteiger partial charge on any atom is -0.502 e. The Morgan fingerprint density at radius 3 is 1.55 bits per heavy atom. The zero-order chi connectivity index (χ0) is 56.9. The van der Waals surface area contributed by atoms with Crippen molar-refractivity contribution in [2.45, 2.75) is 135 Å². The third kappa shape index (κ3) is 21.1. The van der Waals surface area contributed by atoms with E-state index in [2.05, 4.69) is 42.2 Å². The van der Waals surface area contributed by atoms with Crippen LogP contribution in [0.5, 0.6) is 11.5 Å². The molecule has 0 heterocycles. The fraction of sp³-hybridized carbons (Fsp3) is 0.522. The minimum absolute atomic E-state index is 0.0167. The zero-order valence-electron chi connectivity index (χ0n) is 42.1. The molecule has 8 atom stereocenters. The maximum Gasteiger partial charge on any atom is 0.326 e. The van der Waals surface area contributed by atoms with Crippen LogP contribution in [0.4, 0.5) is 11.4 Å². The zero-order valence-corrected chi connectivity index (χ0v) is 42.1. The number of carbonyl (C=O) groups is 9. The Morgan fingerprint density at radius 1 is 0.627 bits per heavy atom. The smallest absolute Gasteiger partial charge is 0.326 e. The predicted molar refractivity (Wildman–Crippen MR) is 265 cm³/mol. The average molecular weight is 1060 g/mol. The SMILES string of the molecule is CC[C@H](C)[C@H](NC(=O)[C@H](CCC(=O)O)NC(=O)[C@H](Cc1ccc(O)c([N+](=O)[O-])c1)NC(=O)[C@H](CC(C)C)NC(=O)[C@H](Cc1ccc(O)c([N+](=O)[O-])c1)N[13C]([13CH3])=O)C(=O)N[C@@H](C)C(=O)N[C@@H](CCCN=C(N)N)C(=O)O. The van der Waals surface area contributed by atoms with Crippen molar-refractivity contribution in [3.63, 3.8) is 0 Å². The number of aliphatic imine (C=N–C) groups is 1. The van der Waals surface area contributed by atoms with Crippen molar-refractivity contribution in [3.05, 3.63) is 67.8 Å². The van der Waals surface area contributed by atoms with Crippen molar-refractivity contribution in [2.75, 3.05) is 6.54 Å². The van der Waals surface area contributed by atoms with Crippen LogP contribution in [-0.4, -0.2) is 138 Å². The summed E-state index contributed by atoms with van der Waals surface area (Å²) in [5.41, 5.74) is 9.23. The fourth-order valence-corrected chi connectivity index (χ4v) is 7.26. The second kappa shape index (κ2) is 29.8. The van der Waals surface area contributed by atoms with E-state index in [1.54, 1.807) is 27.7 Å². The summed E-state index contributed by atoms with van der Waals surface area (Å²) in [6.07, 6.45) is -2.06. The lowest BCUT2D eigenvalue weighted by Gasteiger charge is -2.29. The first-order chi connectivity index (χ1) is 35.0. The van der Waals surface area contributed by atoms with Gasteiger partial charge in [-0.1, -0.05) is 46.2 Å². The fourth-order valence-electron chi connectivity index (χ4n) is 7.26. The molecule has 0 aliphatic heterocycles. The number of nitrogens with zero attached hydrogens (tertiary/aromatic N) is 3. The highest BCUT2D eigenvalue weighted by Crippen LogP contribution is 2.28. The number of carboxylic acids is 2. The molecule has 75 heavy (non-hydrogen) atoms. The van der Waals surface area contributed by atoms with E-state index in [-0.39, 0.29) is 61.7 Å². The molecule has 0 aliphatic rings. The molecular weight excluding hydrogens is 995 g/mol. The number of hydrogen-bond acceptors (Lipinski definition) is 16. The molecule has 0 radical (unpaired) electrons. The van der Waals surface area contributed by atoms with Gasteiger partial charge in [-0.25, -0.2) is 4.79 Å². The minimum atomic E-state index is -1.79. The van der Waals surface area contributed by atoms with E-state index in [4.69, 9.17) is 11.5 Å². The van der Waals surface area contributed by atoms with Gasteiger partial charge in [0.25, 0.3) is 0 Å². The molecule has 0 aliphatic carbocycles. The van der Waals surface area contributed by atoms with Gasteiger partial charge < -0.3 is 69.1 Å². The van der Waals surface area contributed by atoms with E-state index in [9.17, 15) is 83.8 Å². The molecule has 15 N–H and O–H groups in total. The highest BCUT2D eigenvalue weighted by molar-refractivity contribution is 5.97. The largest absolute Gasteiger partial charge is 0.502 e. The lowest BCUT2D eigenvalue weighted by atomic mass is 9.97. The lowest BCUT2D eigenvalue weighted by Crippen LogP contribution is -2.61. The molecule has 2 aromatic rings.